The first-order valence-corrected chi connectivity index (χ1v) is 30.9. The van der Waals surface area contributed by atoms with Gasteiger partial charge in [-0.3, -0.25) is 14.4 Å². The summed E-state index contributed by atoms with van der Waals surface area (Å²) in [6.07, 6.45) is 78.0. The molecule has 0 saturated heterocycles. The average molecular weight is 1010 g/mol. The highest BCUT2D eigenvalue weighted by Gasteiger charge is 2.19. The van der Waals surface area contributed by atoms with Crippen LogP contribution in [0.15, 0.2) is 72.9 Å². The lowest BCUT2D eigenvalue weighted by molar-refractivity contribution is -0.167. The summed E-state index contributed by atoms with van der Waals surface area (Å²) in [4.78, 5) is 38.0. The second-order valence-electron chi connectivity index (χ2n) is 20.6. The van der Waals surface area contributed by atoms with Gasteiger partial charge in [-0.2, -0.15) is 0 Å². The Morgan fingerprint density at radius 1 is 0.292 bits per heavy atom. The monoisotopic (exact) mass is 1000 g/mol. The fourth-order valence-electron chi connectivity index (χ4n) is 8.82. The molecule has 1 atom stereocenters. The second kappa shape index (κ2) is 60.4. The zero-order chi connectivity index (χ0) is 52.2. The normalized spacial score (nSPS) is 12.5. The molecule has 0 aliphatic carbocycles. The molecule has 6 heteroatoms. The van der Waals surface area contributed by atoms with Gasteiger partial charge < -0.3 is 14.2 Å². The van der Waals surface area contributed by atoms with Crippen molar-refractivity contribution >= 4 is 17.9 Å². The maximum atomic E-state index is 12.8. The first-order valence-electron chi connectivity index (χ1n) is 30.9. The van der Waals surface area contributed by atoms with Crippen LogP contribution in [-0.2, 0) is 28.6 Å². The van der Waals surface area contributed by atoms with E-state index >= 15 is 0 Å². The van der Waals surface area contributed by atoms with Crippen molar-refractivity contribution < 1.29 is 28.6 Å². The average Bonchev–Trinajstić information content (AvgIpc) is 3.38. The lowest BCUT2D eigenvalue weighted by atomic mass is 10.0. The van der Waals surface area contributed by atoms with Crippen molar-refractivity contribution in [2.45, 2.75) is 316 Å². The van der Waals surface area contributed by atoms with Crippen LogP contribution in [0.1, 0.15) is 310 Å². The second-order valence-corrected chi connectivity index (χ2v) is 20.6. The van der Waals surface area contributed by atoms with Gasteiger partial charge in [0.15, 0.2) is 6.10 Å². The van der Waals surface area contributed by atoms with Gasteiger partial charge in [0.1, 0.15) is 13.2 Å². The van der Waals surface area contributed by atoms with E-state index in [1.54, 1.807) is 0 Å². The van der Waals surface area contributed by atoms with Gasteiger partial charge in [0.2, 0.25) is 0 Å². The molecule has 0 amide bonds. The van der Waals surface area contributed by atoms with E-state index in [0.29, 0.717) is 19.3 Å². The molecule has 72 heavy (non-hydrogen) atoms. The van der Waals surface area contributed by atoms with E-state index in [0.717, 1.165) is 89.9 Å². The molecule has 0 heterocycles. The summed E-state index contributed by atoms with van der Waals surface area (Å²) in [7, 11) is 0. The molecule has 416 valence electrons. The Bertz CT molecular complexity index is 1340. The van der Waals surface area contributed by atoms with Crippen molar-refractivity contribution in [1.29, 1.82) is 0 Å². The van der Waals surface area contributed by atoms with Crippen molar-refractivity contribution in [1.82, 2.24) is 0 Å². The third-order valence-electron chi connectivity index (χ3n) is 13.4. The smallest absolute Gasteiger partial charge is 0.306 e. The Labute approximate surface area is 446 Å². The number of carbonyl (C=O) groups is 3. The summed E-state index contributed by atoms with van der Waals surface area (Å²) in [5, 5.41) is 0. The third-order valence-corrected chi connectivity index (χ3v) is 13.4. The number of esters is 3. The van der Waals surface area contributed by atoms with Crippen molar-refractivity contribution in [2.75, 3.05) is 13.2 Å². The topological polar surface area (TPSA) is 78.9 Å². The van der Waals surface area contributed by atoms with E-state index < -0.39 is 6.10 Å². The standard InChI is InChI=1S/C66H116O6/c1-4-7-10-13-16-18-20-22-24-26-28-29-30-31-32-33-34-35-36-37-39-40-42-44-46-48-50-53-56-59-65(68)71-62-63(61-70-64(67)58-55-52-15-12-9-6-3)72-66(69)60-57-54-51-49-47-45-43-41-38-27-25-23-21-19-17-14-11-8-5-2/h7,10,16,18,22-25,28-29,31-32,63H,4-6,8-9,11-15,17,19-21,26-27,30,33-62H2,1-3H3/b10-7-,18-16-,24-22-,25-23-,29-28-,32-31-. The molecular weight excluding hydrogens is 889 g/mol. The molecule has 0 spiro atoms. The van der Waals surface area contributed by atoms with E-state index in [2.05, 4.69) is 93.7 Å². The minimum Gasteiger partial charge on any atom is -0.462 e. The van der Waals surface area contributed by atoms with Crippen LogP contribution < -0.4 is 0 Å². The summed E-state index contributed by atoms with van der Waals surface area (Å²) in [5.74, 6) is -0.875. The van der Waals surface area contributed by atoms with Crippen LogP contribution in [0.3, 0.4) is 0 Å². The minimum absolute atomic E-state index is 0.0738. The highest BCUT2D eigenvalue weighted by molar-refractivity contribution is 5.71. The highest BCUT2D eigenvalue weighted by Crippen LogP contribution is 2.16. The Morgan fingerprint density at radius 2 is 0.542 bits per heavy atom. The molecule has 0 radical (unpaired) electrons. The molecule has 6 nitrogen and oxygen atoms in total. The molecule has 1 unspecified atom stereocenters. The van der Waals surface area contributed by atoms with Gasteiger partial charge in [-0.15, -0.1) is 0 Å². The van der Waals surface area contributed by atoms with E-state index in [-0.39, 0.29) is 31.1 Å². The molecule has 0 rings (SSSR count). The zero-order valence-corrected chi connectivity index (χ0v) is 47.7. The Hall–Kier alpha value is -3.15. The van der Waals surface area contributed by atoms with Crippen LogP contribution in [0.25, 0.3) is 0 Å². The van der Waals surface area contributed by atoms with Crippen molar-refractivity contribution in [3.05, 3.63) is 72.9 Å². The van der Waals surface area contributed by atoms with Gasteiger partial charge in [0.25, 0.3) is 0 Å². The quantitative estimate of drug-likeness (QED) is 0.0261. The maximum Gasteiger partial charge on any atom is 0.306 e. The number of allylic oxidation sites excluding steroid dienone is 12. The van der Waals surface area contributed by atoms with E-state index in [1.807, 2.05) is 0 Å². The van der Waals surface area contributed by atoms with Crippen LogP contribution >= 0.6 is 0 Å². The Kier molecular flexibility index (Phi) is 57.8. The van der Waals surface area contributed by atoms with Gasteiger partial charge >= 0.3 is 17.9 Å². The highest BCUT2D eigenvalue weighted by atomic mass is 16.6. The number of unbranched alkanes of at least 4 members (excludes halogenated alkanes) is 33. The predicted octanol–water partition coefficient (Wildman–Crippen LogP) is 20.9. The largest absolute Gasteiger partial charge is 0.462 e. The molecule has 0 saturated carbocycles. The fourth-order valence-corrected chi connectivity index (χ4v) is 8.82. The van der Waals surface area contributed by atoms with Crippen LogP contribution in [0, 0.1) is 0 Å². The van der Waals surface area contributed by atoms with Gasteiger partial charge in [0, 0.05) is 19.3 Å². The summed E-state index contributed by atoms with van der Waals surface area (Å²) >= 11 is 0. The van der Waals surface area contributed by atoms with Gasteiger partial charge in [-0.1, -0.05) is 273 Å². The Morgan fingerprint density at radius 3 is 0.861 bits per heavy atom. The number of rotatable bonds is 56. The van der Waals surface area contributed by atoms with E-state index in [1.165, 1.54) is 180 Å². The van der Waals surface area contributed by atoms with E-state index in [4.69, 9.17) is 14.2 Å². The summed E-state index contributed by atoms with van der Waals surface area (Å²) in [5.41, 5.74) is 0. The Balaban J connectivity index is 4.06. The summed E-state index contributed by atoms with van der Waals surface area (Å²) < 4.78 is 16.8. The van der Waals surface area contributed by atoms with Crippen LogP contribution in [-0.4, -0.2) is 37.2 Å². The molecule has 0 aliphatic rings. The van der Waals surface area contributed by atoms with Crippen LogP contribution in [0.5, 0.6) is 0 Å². The molecule has 0 aromatic carbocycles. The fraction of sp³-hybridized carbons (Fsp3) is 0.773. The molecule has 0 bridgehead atoms. The van der Waals surface area contributed by atoms with Crippen LogP contribution in [0.4, 0.5) is 0 Å². The lowest BCUT2D eigenvalue weighted by Crippen LogP contribution is -2.30. The molecule has 0 fully saturated rings. The molecular formula is C66H116O6. The predicted molar refractivity (Wildman–Crippen MR) is 311 cm³/mol. The van der Waals surface area contributed by atoms with Crippen LogP contribution in [0.2, 0.25) is 0 Å². The molecule has 0 N–H and O–H groups in total. The van der Waals surface area contributed by atoms with Crippen molar-refractivity contribution in [3.63, 3.8) is 0 Å². The maximum absolute atomic E-state index is 12.8. The van der Waals surface area contributed by atoms with Gasteiger partial charge in [0.05, 0.1) is 0 Å². The van der Waals surface area contributed by atoms with Crippen molar-refractivity contribution in [3.8, 4) is 0 Å². The summed E-state index contributed by atoms with van der Waals surface area (Å²) in [6.45, 7) is 6.49. The summed E-state index contributed by atoms with van der Waals surface area (Å²) in [6, 6.07) is 0. The van der Waals surface area contributed by atoms with E-state index in [9.17, 15) is 14.4 Å². The zero-order valence-electron chi connectivity index (χ0n) is 47.7. The number of carbonyl (C=O) groups excluding carboxylic acids is 3. The molecule has 0 aromatic rings. The SMILES string of the molecule is CC/C=C\C/C=C\C/C=C\C/C=C\C/C=C\CCCCCCCCCCCCCCCC(=O)OCC(COC(=O)CCCCCCCC)OC(=O)CCCCCCCCCCC/C=C\CCCCCCCC. The first kappa shape index (κ1) is 68.8. The van der Waals surface area contributed by atoms with Gasteiger partial charge in [-0.05, 0) is 89.9 Å². The number of hydrogen-bond acceptors (Lipinski definition) is 6. The van der Waals surface area contributed by atoms with Crippen molar-refractivity contribution in [2.24, 2.45) is 0 Å². The molecule has 0 aromatic heterocycles. The van der Waals surface area contributed by atoms with Gasteiger partial charge in [-0.25, -0.2) is 0 Å². The number of hydrogen-bond donors (Lipinski definition) is 0. The number of ether oxygens (including phenoxy) is 3. The third kappa shape index (κ3) is 57.7. The lowest BCUT2D eigenvalue weighted by Gasteiger charge is -2.18. The first-order chi connectivity index (χ1) is 35.5. The molecule has 0 aliphatic heterocycles. The minimum atomic E-state index is -0.772.